The minimum Gasteiger partial charge on any atom is -0.455 e. The molecule has 2 rings (SSSR count). The second-order valence-corrected chi connectivity index (χ2v) is 11.0. The van der Waals surface area contributed by atoms with Gasteiger partial charge in [0.05, 0.1) is 10.0 Å². The number of halogens is 3. The molecule has 0 saturated carbocycles. The van der Waals surface area contributed by atoms with E-state index < -0.39 is 35.1 Å². The summed E-state index contributed by atoms with van der Waals surface area (Å²) in [6.45, 7) is 4.97. The van der Waals surface area contributed by atoms with Crippen LogP contribution < -0.4 is 10.0 Å². The third-order valence-electron chi connectivity index (χ3n) is 4.04. The first kappa shape index (κ1) is 25.6. The van der Waals surface area contributed by atoms with Gasteiger partial charge in [0.1, 0.15) is 11.4 Å². The Balaban J connectivity index is 1.87. The fourth-order valence-electron chi connectivity index (χ4n) is 2.46. The van der Waals surface area contributed by atoms with Gasteiger partial charge in [0.25, 0.3) is 5.91 Å². The molecule has 2 aromatic carbocycles. The molecule has 0 aliphatic carbocycles. The van der Waals surface area contributed by atoms with Crippen LogP contribution in [-0.2, 0) is 29.8 Å². The van der Waals surface area contributed by atoms with Gasteiger partial charge in [0, 0.05) is 10.2 Å². The lowest BCUT2D eigenvalue weighted by Crippen LogP contribution is -2.32. The SMILES string of the molecule is CC(C)(C)c1ccc(NC(=O)COC(=O)CNS(=O)(=O)c2c(Cl)cc(Br)cc2Cl)cc1. The van der Waals surface area contributed by atoms with Gasteiger partial charge in [-0.25, -0.2) is 8.42 Å². The van der Waals surface area contributed by atoms with Crippen LogP contribution in [0.3, 0.4) is 0 Å². The van der Waals surface area contributed by atoms with Crippen LogP contribution in [0.4, 0.5) is 5.69 Å². The molecule has 0 heterocycles. The van der Waals surface area contributed by atoms with Gasteiger partial charge >= 0.3 is 5.97 Å². The number of ether oxygens (including phenoxy) is 1. The van der Waals surface area contributed by atoms with Crippen LogP contribution in [0.5, 0.6) is 0 Å². The van der Waals surface area contributed by atoms with Crippen molar-refractivity contribution in [2.24, 2.45) is 0 Å². The van der Waals surface area contributed by atoms with Gasteiger partial charge in [-0.15, -0.1) is 0 Å². The molecule has 0 saturated heterocycles. The summed E-state index contributed by atoms with van der Waals surface area (Å²) in [5.41, 5.74) is 1.64. The quantitative estimate of drug-likeness (QED) is 0.493. The normalized spacial score (nSPS) is 11.8. The second-order valence-electron chi connectivity index (χ2n) is 7.56. The molecule has 168 valence electrons. The van der Waals surface area contributed by atoms with Gasteiger partial charge in [0.15, 0.2) is 6.61 Å². The molecule has 2 aromatic rings. The summed E-state index contributed by atoms with van der Waals surface area (Å²) in [6, 6.07) is 10.0. The number of rotatable bonds is 7. The standard InChI is InChI=1S/C20H21BrCl2N2O5S/c1-20(2,3)12-4-6-14(7-5-12)25-17(26)11-30-18(27)10-24-31(28,29)19-15(22)8-13(21)9-16(19)23/h4-9,24H,10-11H2,1-3H3,(H,25,26). The Morgan fingerprint density at radius 3 is 2.13 bits per heavy atom. The van der Waals surface area contributed by atoms with Crippen molar-refractivity contribution in [1.29, 1.82) is 0 Å². The summed E-state index contributed by atoms with van der Waals surface area (Å²) >= 11 is 15.0. The van der Waals surface area contributed by atoms with Crippen molar-refractivity contribution in [1.82, 2.24) is 4.72 Å². The van der Waals surface area contributed by atoms with Crippen molar-refractivity contribution < 1.29 is 22.7 Å². The minimum atomic E-state index is -4.17. The molecule has 11 heteroatoms. The Labute approximate surface area is 199 Å². The van der Waals surface area contributed by atoms with E-state index in [0.717, 1.165) is 5.56 Å². The summed E-state index contributed by atoms with van der Waals surface area (Å²) in [7, 11) is -4.17. The van der Waals surface area contributed by atoms with Crippen molar-refractivity contribution in [3.63, 3.8) is 0 Å². The summed E-state index contributed by atoms with van der Waals surface area (Å²) in [5, 5.41) is 2.37. The lowest BCUT2D eigenvalue weighted by Gasteiger charge is -2.19. The summed E-state index contributed by atoms with van der Waals surface area (Å²) < 4.78 is 32.1. The number of hydrogen-bond acceptors (Lipinski definition) is 5. The Morgan fingerprint density at radius 1 is 1.06 bits per heavy atom. The van der Waals surface area contributed by atoms with Crippen LogP contribution in [-0.4, -0.2) is 33.4 Å². The number of sulfonamides is 1. The van der Waals surface area contributed by atoms with Gasteiger partial charge in [-0.1, -0.05) is 72.0 Å². The Morgan fingerprint density at radius 2 is 1.61 bits per heavy atom. The maximum atomic E-state index is 12.4. The molecule has 1 amide bonds. The molecule has 2 N–H and O–H groups in total. The smallest absolute Gasteiger partial charge is 0.321 e. The van der Waals surface area contributed by atoms with Crippen molar-refractivity contribution >= 4 is 66.7 Å². The number of amides is 1. The predicted molar refractivity (Wildman–Crippen MR) is 124 cm³/mol. The highest BCUT2D eigenvalue weighted by atomic mass is 79.9. The van der Waals surface area contributed by atoms with E-state index in [4.69, 9.17) is 27.9 Å². The average molecular weight is 552 g/mol. The van der Waals surface area contributed by atoms with Crippen LogP contribution in [0, 0.1) is 0 Å². The van der Waals surface area contributed by atoms with Gasteiger partial charge in [-0.05, 0) is 35.2 Å². The number of carbonyl (C=O) groups excluding carboxylic acids is 2. The Bertz CT molecular complexity index is 1060. The van der Waals surface area contributed by atoms with E-state index in [9.17, 15) is 18.0 Å². The fourth-order valence-corrected chi connectivity index (χ4v) is 5.36. The molecule has 0 bridgehead atoms. The van der Waals surface area contributed by atoms with Gasteiger partial charge in [-0.3, -0.25) is 9.59 Å². The summed E-state index contributed by atoms with van der Waals surface area (Å²) in [5.74, 6) is -1.50. The van der Waals surface area contributed by atoms with Gasteiger partial charge in [-0.2, -0.15) is 4.72 Å². The van der Waals surface area contributed by atoms with E-state index in [1.165, 1.54) is 12.1 Å². The Hall–Kier alpha value is -1.65. The average Bonchev–Trinajstić information content (AvgIpc) is 2.63. The van der Waals surface area contributed by atoms with E-state index in [-0.39, 0.29) is 20.4 Å². The third-order valence-corrected chi connectivity index (χ3v) is 6.82. The number of anilines is 1. The number of carbonyl (C=O) groups is 2. The number of benzene rings is 2. The van der Waals surface area contributed by atoms with Gasteiger partial charge in [0.2, 0.25) is 10.0 Å². The number of esters is 1. The number of nitrogens with one attached hydrogen (secondary N) is 2. The van der Waals surface area contributed by atoms with E-state index in [0.29, 0.717) is 10.2 Å². The molecule has 0 spiro atoms. The largest absolute Gasteiger partial charge is 0.455 e. The fraction of sp³-hybridized carbons (Fsp3) is 0.300. The molecule has 0 radical (unpaired) electrons. The molecule has 0 aromatic heterocycles. The Kier molecular flexibility index (Phi) is 8.52. The topological polar surface area (TPSA) is 102 Å². The highest BCUT2D eigenvalue weighted by Gasteiger charge is 2.23. The van der Waals surface area contributed by atoms with E-state index >= 15 is 0 Å². The molecule has 7 nitrogen and oxygen atoms in total. The third kappa shape index (κ3) is 7.47. The van der Waals surface area contributed by atoms with Crippen LogP contribution >= 0.6 is 39.1 Å². The van der Waals surface area contributed by atoms with Crippen molar-refractivity contribution in [3.05, 3.63) is 56.5 Å². The highest BCUT2D eigenvalue weighted by Crippen LogP contribution is 2.32. The predicted octanol–water partition coefficient (Wildman–Crippen LogP) is 4.51. The zero-order chi connectivity index (χ0) is 23.4. The maximum absolute atomic E-state index is 12.4. The molecule has 0 atom stereocenters. The van der Waals surface area contributed by atoms with Crippen molar-refractivity contribution in [2.75, 3.05) is 18.5 Å². The first-order valence-electron chi connectivity index (χ1n) is 9.00. The monoisotopic (exact) mass is 550 g/mol. The maximum Gasteiger partial charge on any atom is 0.321 e. The van der Waals surface area contributed by atoms with Crippen molar-refractivity contribution in [2.45, 2.75) is 31.1 Å². The van der Waals surface area contributed by atoms with Crippen LogP contribution in [0.1, 0.15) is 26.3 Å². The van der Waals surface area contributed by atoms with E-state index in [1.807, 2.05) is 12.1 Å². The first-order chi connectivity index (χ1) is 14.3. The molecule has 0 aliphatic heterocycles. The molecule has 0 fully saturated rings. The molecule has 0 aliphatic rings. The lowest BCUT2D eigenvalue weighted by atomic mass is 9.87. The van der Waals surface area contributed by atoms with Crippen LogP contribution in [0.15, 0.2) is 45.8 Å². The molecular formula is C20H21BrCl2N2O5S. The molecule has 31 heavy (non-hydrogen) atoms. The van der Waals surface area contributed by atoms with E-state index in [1.54, 1.807) is 12.1 Å². The summed E-state index contributed by atoms with van der Waals surface area (Å²) in [6.07, 6.45) is 0. The van der Waals surface area contributed by atoms with Crippen LogP contribution in [0.2, 0.25) is 10.0 Å². The molecule has 0 unspecified atom stereocenters. The zero-order valence-electron chi connectivity index (χ0n) is 17.0. The van der Waals surface area contributed by atoms with Crippen molar-refractivity contribution in [3.8, 4) is 0 Å². The van der Waals surface area contributed by atoms with E-state index in [2.05, 4.69) is 46.7 Å². The lowest BCUT2D eigenvalue weighted by molar-refractivity contribution is -0.146. The van der Waals surface area contributed by atoms with Crippen LogP contribution in [0.25, 0.3) is 0 Å². The molecular weight excluding hydrogens is 531 g/mol. The number of hydrogen-bond donors (Lipinski definition) is 2. The highest BCUT2D eigenvalue weighted by molar-refractivity contribution is 9.10. The second kappa shape index (κ2) is 10.3. The zero-order valence-corrected chi connectivity index (χ0v) is 20.9. The summed E-state index contributed by atoms with van der Waals surface area (Å²) in [4.78, 5) is 23.5. The van der Waals surface area contributed by atoms with Gasteiger partial charge < -0.3 is 10.1 Å². The first-order valence-corrected chi connectivity index (χ1v) is 12.0. The minimum absolute atomic E-state index is 0.0178.